The van der Waals surface area contributed by atoms with E-state index in [1.807, 2.05) is 36.6 Å². The summed E-state index contributed by atoms with van der Waals surface area (Å²) >= 11 is 13.6. The van der Waals surface area contributed by atoms with Crippen LogP contribution in [-0.2, 0) is 6.61 Å². The summed E-state index contributed by atoms with van der Waals surface area (Å²) in [7, 11) is 0. The van der Waals surface area contributed by atoms with Crippen LogP contribution in [0.2, 0.25) is 10.0 Å². The van der Waals surface area contributed by atoms with Crippen LogP contribution in [0, 0.1) is 5.82 Å². The van der Waals surface area contributed by atoms with E-state index in [-0.39, 0.29) is 5.82 Å². The van der Waals surface area contributed by atoms with Crippen LogP contribution in [0.3, 0.4) is 0 Å². The van der Waals surface area contributed by atoms with E-state index in [9.17, 15) is 4.39 Å². The van der Waals surface area contributed by atoms with Gasteiger partial charge in [0.1, 0.15) is 12.4 Å². The van der Waals surface area contributed by atoms with Crippen molar-refractivity contribution in [2.24, 2.45) is 5.10 Å². The Kier molecular flexibility index (Phi) is 8.00. The molecule has 0 spiro atoms. The Hall–Kier alpha value is -3.13. The van der Waals surface area contributed by atoms with Crippen molar-refractivity contribution in [1.82, 2.24) is 4.98 Å². The average molecular weight is 516 g/mol. The number of nitrogens with zero attached hydrogens (tertiary/aromatic N) is 2. The topological polar surface area (TPSA) is 55.7 Å². The zero-order valence-corrected chi connectivity index (χ0v) is 20.4. The first-order valence-corrected chi connectivity index (χ1v) is 12.0. The van der Waals surface area contributed by atoms with E-state index in [1.54, 1.807) is 30.5 Å². The molecule has 1 aromatic heterocycles. The highest BCUT2D eigenvalue weighted by Gasteiger charge is 2.09. The van der Waals surface area contributed by atoms with Gasteiger partial charge in [0.05, 0.1) is 23.5 Å². The summed E-state index contributed by atoms with van der Waals surface area (Å²) in [4.78, 5) is 4.52. The van der Waals surface area contributed by atoms with Crippen LogP contribution in [0.1, 0.15) is 18.1 Å². The molecule has 0 aliphatic heterocycles. The number of aromatic nitrogens is 1. The van der Waals surface area contributed by atoms with Crippen molar-refractivity contribution in [3.05, 3.63) is 93.0 Å². The van der Waals surface area contributed by atoms with Gasteiger partial charge in [-0.25, -0.2) is 9.37 Å². The molecule has 0 fully saturated rings. The van der Waals surface area contributed by atoms with E-state index in [4.69, 9.17) is 32.7 Å². The number of thiazole rings is 1. The van der Waals surface area contributed by atoms with Gasteiger partial charge in [0.25, 0.3) is 0 Å². The molecular formula is C25H20Cl2FN3O2S. The molecule has 1 N–H and O–H groups in total. The van der Waals surface area contributed by atoms with Gasteiger partial charge in [-0.2, -0.15) is 5.10 Å². The van der Waals surface area contributed by atoms with Gasteiger partial charge in [0, 0.05) is 16.0 Å². The van der Waals surface area contributed by atoms with Gasteiger partial charge in [0.2, 0.25) is 5.13 Å². The van der Waals surface area contributed by atoms with E-state index in [1.165, 1.54) is 23.5 Å². The first-order valence-electron chi connectivity index (χ1n) is 10.4. The van der Waals surface area contributed by atoms with Crippen LogP contribution in [-0.4, -0.2) is 17.8 Å². The highest BCUT2D eigenvalue weighted by Crippen LogP contribution is 2.32. The van der Waals surface area contributed by atoms with E-state index in [0.29, 0.717) is 39.9 Å². The van der Waals surface area contributed by atoms with E-state index in [2.05, 4.69) is 15.5 Å². The molecule has 0 bridgehead atoms. The lowest BCUT2D eigenvalue weighted by atomic mass is 10.2. The SMILES string of the molecule is CCOc1cc(/C=N\Nc2nc(-c3ccc(Cl)cc3Cl)cs2)ccc1OCc1ccc(F)cc1. The summed E-state index contributed by atoms with van der Waals surface area (Å²) in [5, 5.41) is 7.91. The molecule has 4 aromatic rings. The van der Waals surface area contributed by atoms with Crippen molar-refractivity contribution >= 4 is 45.9 Å². The molecule has 0 radical (unpaired) electrons. The Labute approximate surface area is 210 Å². The predicted molar refractivity (Wildman–Crippen MR) is 137 cm³/mol. The first kappa shape index (κ1) is 24.0. The van der Waals surface area contributed by atoms with Crippen molar-refractivity contribution in [3.63, 3.8) is 0 Å². The molecule has 174 valence electrons. The Morgan fingerprint density at radius 3 is 2.62 bits per heavy atom. The highest BCUT2D eigenvalue weighted by atomic mass is 35.5. The second-order valence-electron chi connectivity index (χ2n) is 7.09. The van der Waals surface area contributed by atoms with E-state index >= 15 is 0 Å². The quantitative estimate of drug-likeness (QED) is 0.183. The molecule has 0 aliphatic rings. The number of hydrazone groups is 1. The standard InChI is InChI=1S/C25H20Cl2FN3O2S/c1-2-32-24-11-17(5-10-23(24)33-14-16-3-7-19(28)8-4-16)13-29-31-25-30-22(15-34-25)20-9-6-18(26)12-21(20)27/h3-13,15H,2,14H2,1H3,(H,30,31)/b29-13-. The minimum atomic E-state index is -0.279. The van der Waals surface area contributed by atoms with Crippen LogP contribution in [0.15, 0.2) is 71.1 Å². The van der Waals surface area contributed by atoms with Crippen molar-refractivity contribution in [2.45, 2.75) is 13.5 Å². The minimum Gasteiger partial charge on any atom is -0.490 e. The van der Waals surface area contributed by atoms with E-state index in [0.717, 1.165) is 22.4 Å². The van der Waals surface area contributed by atoms with Gasteiger partial charge in [-0.15, -0.1) is 11.3 Å². The normalized spacial score (nSPS) is 11.1. The zero-order valence-electron chi connectivity index (χ0n) is 18.1. The maximum absolute atomic E-state index is 13.1. The minimum absolute atomic E-state index is 0.279. The first-order chi connectivity index (χ1) is 16.5. The van der Waals surface area contributed by atoms with Crippen LogP contribution in [0.5, 0.6) is 11.5 Å². The molecule has 4 rings (SSSR count). The molecule has 9 heteroatoms. The summed E-state index contributed by atoms with van der Waals surface area (Å²) in [6.07, 6.45) is 1.67. The smallest absolute Gasteiger partial charge is 0.203 e. The molecule has 0 unspecified atom stereocenters. The molecule has 0 saturated heterocycles. The zero-order chi connectivity index (χ0) is 23.9. The summed E-state index contributed by atoms with van der Waals surface area (Å²) in [5.74, 6) is 0.918. The van der Waals surface area contributed by atoms with Gasteiger partial charge < -0.3 is 9.47 Å². The van der Waals surface area contributed by atoms with Crippen molar-refractivity contribution in [2.75, 3.05) is 12.0 Å². The number of hydrogen-bond acceptors (Lipinski definition) is 6. The molecule has 34 heavy (non-hydrogen) atoms. The maximum Gasteiger partial charge on any atom is 0.203 e. The molecule has 5 nitrogen and oxygen atoms in total. The number of rotatable bonds is 9. The third-order valence-corrected chi connectivity index (χ3v) is 5.96. The number of halogens is 3. The Bertz CT molecular complexity index is 1300. The molecule has 0 atom stereocenters. The van der Waals surface area contributed by atoms with Crippen LogP contribution in [0.4, 0.5) is 9.52 Å². The third-order valence-electron chi connectivity index (χ3n) is 4.66. The number of anilines is 1. The van der Waals surface area contributed by atoms with Gasteiger partial charge >= 0.3 is 0 Å². The van der Waals surface area contributed by atoms with Gasteiger partial charge in [-0.3, -0.25) is 5.43 Å². The maximum atomic E-state index is 13.1. The van der Waals surface area contributed by atoms with Crippen LogP contribution in [0.25, 0.3) is 11.3 Å². The molecule has 0 saturated carbocycles. The molecule has 0 amide bonds. The predicted octanol–water partition coefficient (Wildman–Crippen LogP) is 7.68. The van der Waals surface area contributed by atoms with Gasteiger partial charge in [0.15, 0.2) is 11.5 Å². The Morgan fingerprint density at radius 2 is 1.85 bits per heavy atom. The second-order valence-corrected chi connectivity index (χ2v) is 8.79. The van der Waals surface area contributed by atoms with Crippen molar-refractivity contribution in [1.29, 1.82) is 0 Å². The lowest BCUT2D eigenvalue weighted by Crippen LogP contribution is -2.00. The fourth-order valence-corrected chi connectivity index (χ4v) is 4.21. The third kappa shape index (κ3) is 6.26. The molecule has 0 aliphatic carbocycles. The largest absolute Gasteiger partial charge is 0.490 e. The average Bonchev–Trinajstić information content (AvgIpc) is 3.28. The van der Waals surface area contributed by atoms with E-state index < -0.39 is 0 Å². The van der Waals surface area contributed by atoms with Gasteiger partial charge in [-0.1, -0.05) is 35.3 Å². The Morgan fingerprint density at radius 1 is 1.03 bits per heavy atom. The van der Waals surface area contributed by atoms with Crippen molar-refractivity contribution < 1.29 is 13.9 Å². The fraction of sp³-hybridized carbons (Fsp3) is 0.120. The van der Waals surface area contributed by atoms with Crippen LogP contribution < -0.4 is 14.9 Å². The Balaban J connectivity index is 1.41. The monoisotopic (exact) mass is 515 g/mol. The van der Waals surface area contributed by atoms with Gasteiger partial charge in [-0.05, 0) is 66.6 Å². The summed E-state index contributed by atoms with van der Waals surface area (Å²) in [6.45, 7) is 2.69. The number of benzene rings is 3. The number of nitrogens with one attached hydrogen (secondary N) is 1. The molecular weight excluding hydrogens is 496 g/mol. The van der Waals surface area contributed by atoms with Crippen molar-refractivity contribution in [3.8, 4) is 22.8 Å². The second kappa shape index (κ2) is 11.3. The highest BCUT2D eigenvalue weighted by molar-refractivity contribution is 7.14. The summed E-state index contributed by atoms with van der Waals surface area (Å²) < 4.78 is 24.7. The lowest BCUT2D eigenvalue weighted by molar-refractivity contribution is 0.269. The number of ether oxygens (including phenoxy) is 2. The summed E-state index contributed by atoms with van der Waals surface area (Å²) in [5.41, 5.74) is 6.16. The lowest BCUT2D eigenvalue weighted by Gasteiger charge is -2.12. The number of hydrogen-bond donors (Lipinski definition) is 1. The molecule has 3 aromatic carbocycles. The van der Waals surface area contributed by atoms with Crippen LogP contribution >= 0.6 is 34.5 Å². The molecule has 1 heterocycles. The summed E-state index contributed by atoms with van der Waals surface area (Å²) in [6, 6.07) is 17.0. The fourth-order valence-electron chi connectivity index (χ4n) is 3.04.